The summed E-state index contributed by atoms with van der Waals surface area (Å²) >= 11 is 0. The fraction of sp³-hybridized carbons (Fsp3) is 0.818. The SMILES string of the molecule is CS(=O)(=O)CCC(N)C(=O)N1CCCC[C@H]1C(=O)O. The number of carboxylic acid groups (broad SMARTS) is 1. The fourth-order valence-corrected chi connectivity index (χ4v) is 2.81. The van der Waals surface area contributed by atoms with Gasteiger partial charge in [0.2, 0.25) is 5.91 Å². The highest BCUT2D eigenvalue weighted by Gasteiger charge is 2.34. The van der Waals surface area contributed by atoms with E-state index in [2.05, 4.69) is 0 Å². The van der Waals surface area contributed by atoms with Gasteiger partial charge in [-0.3, -0.25) is 4.79 Å². The topological polar surface area (TPSA) is 118 Å². The van der Waals surface area contributed by atoms with Crippen molar-refractivity contribution in [1.82, 2.24) is 4.90 Å². The number of amides is 1. The molecule has 0 aromatic rings. The van der Waals surface area contributed by atoms with Gasteiger partial charge in [-0.05, 0) is 25.7 Å². The first-order chi connectivity index (χ1) is 8.72. The van der Waals surface area contributed by atoms with Crippen LogP contribution in [0.2, 0.25) is 0 Å². The predicted molar refractivity (Wildman–Crippen MR) is 69.3 cm³/mol. The lowest BCUT2D eigenvalue weighted by Gasteiger charge is -2.34. The average Bonchev–Trinajstić information content (AvgIpc) is 2.34. The molecular weight excluding hydrogens is 272 g/mol. The monoisotopic (exact) mass is 292 g/mol. The van der Waals surface area contributed by atoms with Crippen LogP contribution in [-0.2, 0) is 19.4 Å². The second-order valence-electron chi connectivity index (χ2n) is 4.91. The van der Waals surface area contributed by atoms with E-state index >= 15 is 0 Å². The van der Waals surface area contributed by atoms with Gasteiger partial charge < -0.3 is 15.7 Å². The second-order valence-corrected chi connectivity index (χ2v) is 7.17. The lowest BCUT2D eigenvalue weighted by atomic mass is 10.0. The van der Waals surface area contributed by atoms with Crippen molar-refractivity contribution < 1.29 is 23.1 Å². The highest BCUT2D eigenvalue weighted by atomic mass is 32.2. The zero-order valence-corrected chi connectivity index (χ0v) is 11.7. The minimum atomic E-state index is -3.18. The second kappa shape index (κ2) is 6.33. The minimum absolute atomic E-state index is 0.0144. The van der Waals surface area contributed by atoms with E-state index in [1.54, 1.807) is 0 Å². The number of piperidine rings is 1. The molecule has 3 N–H and O–H groups in total. The smallest absolute Gasteiger partial charge is 0.326 e. The van der Waals surface area contributed by atoms with Gasteiger partial charge in [0.15, 0.2) is 0 Å². The molecule has 0 aromatic heterocycles. The summed E-state index contributed by atoms with van der Waals surface area (Å²) in [5.41, 5.74) is 5.67. The van der Waals surface area contributed by atoms with E-state index in [0.717, 1.165) is 19.1 Å². The van der Waals surface area contributed by atoms with Crippen molar-refractivity contribution in [3.8, 4) is 0 Å². The Bertz CT molecular complexity index is 448. The normalized spacial score (nSPS) is 22.0. The van der Waals surface area contributed by atoms with Crippen LogP contribution in [0.25, 0.3) is 0 Å². The number of hydrogen-bond acceptors (Lipinski definition) is 5. The minimum Gasteiger partial charge on any atom is -0.480 e. The van der Waals surface area contributed by atoms with Crippen molar-refractivity contribution in [2.45, 2.75) is 37.8 Å². The Kier molecular flexibility index (Phi) is 5.30. The van der Waals surface area contributed by atoms with Crippen molar-refractivity contribution in [2.75, 3.05) is 18.6 Å². The Morgan fingerprint density at radius 3 is 2.58 bits per heavy atom. The van der Waals surface area contributed by atoms with Crippen LogP contribution in [0.5, 0.6) is 0 Å². The number of carboxylic acids is 1. The molecule has 2 atom stereocenters. The summed E-state index contributed by atoms with van der Waals surface area (Å²) in [4.78, 5) is 24.4. The molecule has 1 aliphatic heterocycles. The molecule has 0 aromatic carbocycles. The molecule has 1 unspecified atom stereocenters. The van der Waals surface area contributed by atoms with Crippen LogP contribution in [0.15, 0.2) is 0 Å². The summed E-state index contributed by atoms with van der Waals surface area (Å²) in [7, 11) is -3.18. The van der Waals surface area contributed by atoms with E-state index in [0.29, 0.717) is 13.0 Å². The molecule has 1 heterocycles. The van der Waals surface area contributed by atoms with Crippen LogP contribution in [0.1, 0.15) is 25.7 Å². The third kappa shape index (κ3) is 4.79. The molecule has 0 spiro atoms. The maximum atomic E-state index is 12.1. The molecule has 0 aliphatic carbocycles. The number of nitrogens with two attached hydrogens (primary N) is 1. The van der Waals surface area contributed by atoms with Crippen LogP contribution in [0.3, 0.4) is 0 Å². The molecule has 1 aliphatic rings. The van der Waals surface area contributed by atoms with Gasteiger partial charge in [0.1, 0.15) is 15.9 Å². The van der Waals surface area contributed by atoms with E-state index in [4.69, 9.17) is 10.8 Å². The van der Waals surface area contributed by atoms with Gasteiger partial charge in [-0.1, -0.05) is 0 Å². The zero-order valence-electron chi connectivity index (χ0n) is 10.9. The lowest BCUT2D eigenvalue weighted by Crippen LogP contribution is -2.53. The van der Waals surface area contributed by atoms with E-state index in [9.17, 15) is 18.0 Å². The lowest BCUT2D eigenvalue weighted by molar-refractivity contribution is -0.152. The molecule has 110 valence electrons. The molecule has 0 bridgehead atoms. The number of rotatable bonds is 5. The van der Waals surface area contributed by atoms with Crippen molar-refractivity contribution >= 4 is 21.7 Å². The standard InChI is InChI=1S/C11H20N2O5S/c1-19(17,18)7-5-8(12)10(14)13-6-3-2-4-9(13)11(15)16/h8-9H,2-7,12H2,1H3,(H,15,16)/t8?,9-/m0/s1. The molecule has 0 radical (unpaired) electrons. The number of sulfone groups is 1. The fourth-order valence-electron chi connectivity index (χ4n) is 2.13. The molecule has 1 rings (SSSR count). The molecule has 19 heavy (non-hydrogen) atoms. The van der Waals surface area contributed by atoms with Crippen molar-refractivity contribution in [3.63, 3.8) is 0 Å². The van der Waals surface area contributed by atoms with Crippen molar-refractivity contribution in [2.24, 2.45) is 5.73 Å². The van der Waals surface area contributed by atoms with Gasteiger partial charge in [-0.2, -0.15) is 0 Å². The van der Waals surface area contributed by atoms with Gasteiger partial charge in [0.25, 0.3) is 0 Å². The Morgan fingerprint density at radius 1 is 1.42 bits per heavy atom. The summed E-state index contributed by atoms with van der Waals surface area (Å²) in [6, 6.07) is -1.81. The molecule has 7 nitrogen and oxygen atoms in total. The number of carbonyl (C=O) groups excluding carboxylic acids is 1. The van der Waals surface area contributed by atoms with Gasteiger partial charge in [0, 0.05) is 12.8 Å². The number of aliphatic carboxylic acids is 1. The summed E-state index contributed by atoms with van der Waals surface area (Å²) in [6.07, 6.45) is 3.01. The summed E-state index contributed by atoms with van der Waals surface area (Å²) in [5.74, 6) is -1.69. The highest BCUT2D eigenvalue weighted by Crippen LogP contribution is 2.18. The largest absolute Gasteiger partial charge is 0.480 e. The van der Waals surface area contributed by atoms with Gasteiger partial charge in [-0.25, -0.2) is 13.2 Å². The van der Waals surface area contributed by atoms with Crippen molar-refractivity contribution in [3.05, 3.63) is 0 Å². The third-order valence-electron chi connectivity index (χ3n) is 3.19. The van der Waals surface area contributed by atoms with E-state index in [1.807, 2.05) is 0 Å². The first kappa shape index (κ1) is 15.9. The van der Waals surface area contributed by atoms with Gasteiger partial charge in [-0.15, -0.1) is 0 Å². The Hall–Kier alpha value is -1.15. The predicted octanol–water partition coefficient (Wildman–Crippen LogP) is -0.786. The highest BCUT2D eigenvalue weighted by molar-refractivity contribution is 7.90. The summed E-state index contributed by atoms with van der Waals surface area (Å²) in [6.45, 7) is 0.363. The number of hydrogen-bond donors (Lipinski definition) is 2. The van der Waals surface area contributed by atoms with Crippen LogP contribution in [0, 0.1) is 0 Å². The molecule has 1 saturated heterocycles. The molecule has 1 amide bonds. The molecule has 1 fully saturated rings. The summed E-state index contributed by atoms with van der Waals surface area (Å²) in [5, 5.41) is 9.07. The van der Waals surface area contributed by atoms with Crippen LogP contribution in [-0.4, -0.2) is 60.9 Å². The van der Waals surface area contributed by atoms with Crippen LogP contribution in [0.4, 0.5) is 0 Å². The van der Waals surface area contributed by atoms with E-state index < -0.39 is 33.8 Å². The van der Waals surface area contributed by atoms with Crippen LogP contribution < -0.4 is 5.73 Å². The van der Waals surface area contributed by atoms with E-state index in [-0.39, 0.29) is 12.2 Å². The zero-order chi connectivity index (χ0) is 14.6. The number of carbonyl (C=O) groups is 2. The molecule has 0 saturated carbocycles. The number of nitrogens with zero attached hydrogens (tertiary/aromatic N) is 1. The molecular formula is C11H20N2O5S. The Balaban J connectivity index is 2.66. The number of likely N-dealkylation sites (tertiary alicyclic amines) is 1. The van der Waals surface area contributed by atoms with Gasteiger partial charge >= 0.3 is 5.97 Å². The van der Waals surface area contributed by atoms with Crippen molar-refractivity contribution in [1.29, 1.82) is 0 Å². The maximum Gasteiger partial charge on any atom is 0.326 e. The average molecular weight is 292 g/mol. The maximum absolute atomic E-state index is 12.1. The Labute approximate surface area is 112 Å². The first-order valence-corrected chi connectivity index (χ1v) is 8.25. The third-order valence-corrected chi connectivity index (χ3v) is 4.17. The quantitative estimate of drug-likeness (QED) is 0.686. The Morgan fingerprint density at radius 2 is 2.05 bits per heavy atom. The van der Waals surface area contributed by atoms with E-state index in [1.165, 1.54) is 4.90 Å². The summed E-state index contributed by atoms with van der Waals surface area (Å²) < 4.78 is 22.1. The van der Waals surface area contributed by atoms with Gasteiger partial charge in [0.05, 0.1) is 11.8 Å². The first-order valence-electron chi connectivity index (χ1n) is 6.19. The molecule has 8 heteroatoms. The van der Waals surface area contributed by atoms with Crippen LogP contribution >= 0.6 is 0 Å².